The van der Waals surface area contributed by atoms with Crippen LogP contribution in [0, 0.1) is 0 Å². The van der Waals surface area contributed by atoms with Crippen molar-refractivity contribution < 1.29 is 0 Å². The Bertz CT molecular complexity index is 197. The van der Waals surface area contributed by atoms with Crippen LogP contribution in [-0.2, 0) is 0 Å². The fourth-order valence-corrected chi connectivity index (χ4v) is 0.998. The molecule has 0 unspecified atom stereocenters. The van der Waals surface area contributed by atoms with E-state index in [1.807, 2.05) is 12.4 Å². The normalized spacial score (nSPS) is 17.8. The summed E-state index contributed by atoms with van der Waals surface area (Å²) < 4.78 is 0. The van der Waals surface area contributed by atoms with Crippen LogP contribution in [0.1, 0.15) is 26.7 Å². The second-order valence-electron chi connectivity index (χ2n) is 2.63. The van der Waals surface area contributed by atoms with Crippen molar-refractivity contribution in [2.75, 3.05) is 0 Å². The van der Waals surface area contributed by atoms with Crippen LogP contribution in [0.25, 0.3) is 0 Å². The highest BCUT2D eigenvalue weighted by Crippen LogP contribution is 2.14. The minimum absolute atomic E-state index is 1.09. The number of hydrogen-bond donors (Lipinski definition) is 0. The van der Waals surface area contributed by atoms with Crippen LogP contribution in [-0.4, -0.2) is 6.21 Å². The Balaban J connectivity index is 2.72. The minimum atomic E-state index is 1.09. The standard InChI is InChI=1S/C9H13N/c1-3-9-6-8(2)4-5-10-7-9/h4-5,7H,3,6H2,1-2H3. The number of hydrogen-bond acceptors (Lipinski definition) is 1. The van der Waals surface area contributed by atoms with Crippen molar-refractivity contribution in [1.29, 1.82) is 0 Å². The summed E-state index contributed by atoms with van der Waals surface area (Å²) in [6.45, 7) is 4.31. The lowest BCUT2D eigenvalue weighted by atomic mass is 10.1. The second-order valence-corrected chi connectivity index (χ2v) is 2.63. The zero-order chi connectivity index (χ0) is 7.40. The van der Waals surface area contributed by atoms with Gasteiger partial charge in [-0.2, -0.15) is 0 Å². The molecule has 0 aromatic carbocycles. The number of nitrogens with zero attached hydrogens (tertiary/aromatic N) is 1. The summed E-state index contributed by atoms with van der Waals surface area (Å²) in [7, 11) is 0. The third-order valence-corrected chi connectivity index (χ3v) is 1.66. The van der Waals surface area contributed by atoms with Crippen LogP contribution in [0.5, 0.6) is 0 Å². The van der Waals surface area contributed by atoms with E-state index in [2.05, 4.69) is 24.9 Å². The summed E-state index contributed by atoms with van der Waals surface area (Å²) in [6.07, 6.45) is 8.10. The van der Waals surface area contributed by atoms with Gasteiger partial charge in [-0.05, 0) is 31.4 Å². The second kappa shape index (κ2) is 3.35. The van der Waals surface area contributed by atoms with E-state index in [9.17, 15) is 0 Å². The lowest BCUT2D eigenvalue weighted by Gasteiger charge is -1.99. The van der Waals surface area contributed by atoms with Crippen LogP contribution in [0.2, 0.25) is 0 Å². The topological polar surface area (TPSA) is 12.4 Å². The van der Waals surface area contributed by atoms with E-state index >= 15 is 0 Å². The molecule has 0 atom stereocenters. The van der Waals surface area contributed by atoms with Gasteiger partial charge in [-0.25, -0.2) is 0 Å². The van der Waals surface area contributed by atoms with Gasteiger partial charge in [0.15, 0.2) is 0 Å². The summed E-state index contributed by atoms with van der Waals surface area (Å²) in [5.41, 5.74) is 2.82. The molecule has 1 heteroatoms. The highest BCUT2D eigenvalue weighted by molar-refractivity contribution is 5.73. The molecule has 1 nitrogen and oxygen atoms in total. The lowest BCUT2D eigenvalue weighted by Crippen LogP contribution is -1.80. The Hall–Kier alpha value is -0.850. The van der Waals surface area contributed by atoms with Gasteiger partial charge in [-0.15, -0.1) is 0 Å². The van der Waals surface area contributed by atoms with E-state index in [4.69, 9.17) is 0 Å². The molecule has 1 aliphatic heterocycles. The van der Waals surface area contributed by atoms with Gasteiger partial charge in [0.05, 0.1) is 0 Å². The van der Waals surface area contributed by atoms with Gasteiger partial charge in [-0.3, -0.25) is 4.99 Å². The molecule has 54 valence electrons. The maximum atomic E-state index is 4.11. The lowest BCUT2D eigenvalue weighted by molar-refractivity contribution is 0.987. The van der Waals surface area contributed by atoms with E-state index in [1.54, 1.807) is 0 Å². The van der Waals surface area contributed by atoms with Crippen LogP contribution >= 0.6 is 0 Å². The van der Waals surface area contributed by atoms with Crippen molar-refractivity contribution in [3.8, 4) is 0 Å². The first-order valence-electron chi connectivity index (χ1n) is 3.69. The monoisotopic (exact) mass is 135 g/mol. The molecule has 10 heavy (non-hydrogen) atoms. The highest BCUT2D eigenvalue weighted by Gasteiger charge is 1.96. The van der Waals surface area contributed by atoms with Gasteiger partial charge in [-0.1, -0.05) is 12.5 Å². The van der Waals surface area contributed by atoms with Gasteiger partial charge < -0.3 is 0 Å². The van der Waals surface area contributed by atoms with Crippen molar-refractivity contribution in [3.05, 3.63) is 23.4 Å². The first-order valence-corrected chi connectivity index (χ1v) is 3.69. The minimum Gasteiger partial charge on any atom is -0.265 e. The summed E-state index contributed by atoms with van der Waals surface area (Å²) >= 11 is 0. The molecule has 1 rings (SSSR count). The fourth-order valence-electron chi connectivity index (χ4n) is 0.998. The van der Waals surface area contributed by atoms with Crippen molar-refractivity contribution >= 4 is 6.21 Å². The Labute approximate surface area is 62.2 Å². The van der Waals surface area contributed by atoms with Gasteiger partial charge in [0.2, 0.25) is 0 Å². The molecule has 0 saturated heterocycles. The first-order chi connectivity index (χ1) is 4.83. The number of rotatable bonds is 1. The average molecular weight is 135 g/mol. The molecule has 0 radical (unpaired) electrons. The van der Waals surface area contributed by atoms with Gasteiger partial charge >= 0.3 is 0 Å². The van der Waals surface area contributed by atoms with Crippen molar-refractivity contribution in [1.82, 2.24) is 0 Å². The van der Waals surface area contributed by atoms with Crippen molar-refractivity contribution in [2.45, 2.75) is 26.7 Å². The SMILES string of the molecule is CCC1=CN=CC=C(C)C1. The van der Waals surface area contributed by atoms with Gasteiger partial charge in [0.25, 0.3) is 0 Å². The largest absolute Gasteiger partial charge is 0.265 e. The quantitative estimate of drug-likeness (QED) is 0.524. The fraction of sp³-hybridized carbons (Fsp3) is 0.444. The van der Waals surface area contributed by atoms with E-state index in [0.29, 0.717) is 0 Å². The smallest absolute Gasteiger partial charge is 0.0267 e. The molecule has 0 aromatic heterocycles. The van der Waals surface area contributed by atoms with Crippen LogP contribution in [0.3, 0.4) is 0 Å². The first kappa shape index (κ1) is 7.26. The molecule has 0 aromatic rings. The number of aliphatic imine (C=N–C) groups is 1. The third kappa shape index (κ3) is 1.83. The zero-order valence-electron chi connectivity index (χ0n) is 6.59. The molecule has 0 N–H and O–H groups in total. The van der Waals surface area contributed by atoms with Gasteiger partial charge in [0.1, 0.15) is 0 Å². The molecule has 0 aliphatic carbocycles. The summed E-state index contributed by atoms with van der Waals surface area (Å²) in [5, 5.41) is 0. The van der Waals surface area contributed by atoms with Gasteiger partial charge in [0, 0.05) is 12.4 Å². The third-order valence-electron chi connectivity index (χ3n) is 1.66. The van der Waals surface area contributed by atoms with Crippen LogP contribution in [0.4, 0.5) is 0 Å². The Kier molecular flexibility index (Phi) is 2.43. The number of allylic oxidation sites excluding steroid dienone is 3. The Morgan fingerprint density at radius 3 is 3.10 bits per heavy atom. The molecule has 1 heterocycles. The van der Waals surface area contributed by atoms with Crippen LogP contribution in [0.15, 0.2) is 28.4 Å². The molecule has 0 bridgehead atoms. The highest BCUT2D eigenvalue weighted by atomic mass is 14.7. The average Bonchev–Trinajstić information content (AvgIpc) is 2.13. The van der Waals surface area contributed by atoms with E-state index in [0.717, 1.165) is 12.8 Å². The summed E-state index contributed by atoms with van der Waals surface area (Å²) in [6, 6.07) is 0. The molecule has 0 amide bonds. The molecular weight excluding hydrogens is 122 g/mol. The Morgan fingerprint density at radius 2 is 2.40 bits per heavy atom. The molecule has 0 spiro atoms. The predicted molar refractivity (Wildman–Crippen MR) is 45.2 cm³/mol. The Morgan fingerprint density at radius 1 is 1.60 bits per heavy atom. The summed E-state index contributed by atoms with van der Waals surface area (Å²) in [5.74, 6) is 0. The van der Waals surface area contributed by atoms with Crippen molar-refractivity contribution in [3.63, 3.8) is 0 Å². The molecule has 0 saturated carbocycles. The van der Waals surface area contributed by atoms with E-state index in [1.165, 1.54) is 11.1 Å². The maximum absolute atomic E-state index is 4.11. The molecular formula is C9H13N. The van der Waals surface area contributed by atoms with Crippen molar-refractivity contribution in [2.24, 2.45) is 4.99 Å². The zero-order valence-corrected chi connectivity index (χ0v) is 6.59. The predicted octanol–water partition coefficient (Wildman–Crippen LogP) is 2.70. The molecule has 1 aliphatic rings. The maximum Gasteiger partial charge on any atom is 0.0267 e. The van der Waals surface area contributed by atoms with E-state index in [-0.39, 0.29) is 0 Å². The van der Waals surface area contributed by atoms with E-state index < -0.39 is 0 Å². The van der Waals surface area contributed by atoms with Crippen LogP contribution < -0.4 is 0 Å². The summed E-state index contributed by atoms with van der Waals surface area (Å²) in [4.78, 5) is 4.11. The molecule has 0 fully saturated rings.